The Bertz CT molecular complexity index is 425. The van der Waals surface area contributed by atoms with Gasteiger partial charge >= 0.3 is 0 Å². The summed E-state index contributed by atoms with van der Waals surface area (Å²) in [5.41, 5.74) is 5.36. The van der Waals surface area contributed by atoms with E-state index in [4.69, 9.17) is 0 Å². The summed E-state index contributed by atoms with van der Waals surface area (Å²) >= 11 is 0. The number of rotatable bonds is 4. The van der Waals surface area contributed by atoms with E-state index < -0.39 is 0 Å². The summed E-state index contributed by atoms with van der Waals surface area (Å²) < 4.78 is 0. The van der Waals surface area contributed by atoms with E-state index in [1.165, 1.54) is 67.6 Å². The van der Waals surface area contributed by atoms with Crippen molar-refractivity contribution in [2.75, 3.05) is 19.6 Å². The maximum Gasteiger partial charge on any atom is 0.00220 e. The van der Waals surface area contributed by atoms with E-state index in [0.29, 0.717) is 0 Å². The van der Waals surface area contributed by atoms with Gasteiger partial charge in [-0.2, -0.15) is 0 Å². The zero-order valence-electron chi connectivity index (χ0n) is 12.5. The highest BCUT2D eigenvalue weighted by atomic mass is 15.1. The average Bonchev–Trinajstić information content (AvgIpc) is 2.64. The molecule has 2 rings (SSSR count). The van der Waals surface area contributed by atoms with Crippen LogP contribution in [0.15, 0.2) is 24.8 Å². The second kappa shape index (κ2) is 6.91. The van der Waals surface area contributed by atoms with Crippen LogP contribution in [0, 0.1) is 6.92 Å². The van der Waals surface area contributed by atoms with E-state index in [1.54, 1.807) is 0 Å². The third-order valence-corrected chi connectivity index (χ3v) is 4.12. The van der Waals surface area contributed by atoms with Crippen molar-refractivity contribution in [3.05, 3.63) is 41.5 Å². The van der Waals surface area contributed by atoms with E-state index in [2.05, 4.69) is 43.5 Å². The van der Waals surface area contributed by atoms with Crippen LogP contribution < -0.4 is 0 Å². The van der Waals surface area contributed by atoms with Crippen LogP contribution in [-0.4, -0.2) is 24.5 Å². The smallest absolute Gasteiger partial charge is 0.00220 e. The van der Waals surface area contributed by atoms with Crippen molar-refractivity contribution in [3.8, 4) is 0 Å². The average molecular weight is 257 g/mol. The van der Waals surface area contributed by atoms with Gasteiger partial charge in [0.15, 0.2) is 0 Å². The molecular weight excluding hydrogens is 230 g/mol. The lowest BCUT2D eigenvalue weighted by molar-refractivity contribution is 0.289. The maximum atomic E-state index is 4.11. The van der Waals surface area contributed by atoms with Crippen molar-refractivity contribution in [3.63, 3.8) is 0 Å². The topological polar surface area (TPSA) is 3.24 Å². The molecule has 0 atom stereocenters. The Kier molecular flexibility index (Phi) is 5.21. The lowest BCUT2D eigenvalue weighted by Gasteiger charge is -2.20. The van der Waals surface area contributed by atoms with Crippen molar-refractivity contribution >= 4 is 5.57 Å². The Morgan fingerprint density at radius 1 is 1.16 bits per heavy atom. The first-order chi connectivity index (χ1) is 9.16. The SMILES string of the molecule is C=C(C)c1ccc(C)cc1CCN1CCCCCC1. The molecule has 0 N–H and O–H groups in total. The van der Waals surface area contributed by atoms with Gasteiger partial charge in [-0.1, -0.05) is 48.8 Å². The van der Waals surface area contributed by atoms with Gasteiger partial charge in [0, 0.05) is 6.54 Å². The van der Waals surface area contributed by atoms with Crippen LogP contribution in [0.1, 0.15) is 49.3 Å². The second-order valence-electron chi connectivity index (χ2n) is 5.95. The molecule has 19 heavy (non-hydrogen) atoms. The van der Waals surface area contributed by atoms with Gasteiger partial charge in [0.05, 0.1) is 0 Å². The quantitative estimate of drug-likeness (QED) is 0.770. The highest BCUT2D eigenvalue weighted by Gasteiger charge is 2.10. The van der Waals surface area contributed by atoms with Crippen molar-refractivity contribution in [1.82, 2.24) is 4.90 Å². The van der Waals surface area contributed by atoms with Gasteiger partial charge in [-0.15, -0.1) is 0 Å². The number of benzene rings is 1. The summed E-state index contributed by atoms with van der Waals surface area (Å²) in [4.78, 5) is 2.64. The molecule has 0 aromatic heterocycles. The van der Waals surface area contributed by atoms with Gasteiger partial charge in [0.2, 0.25) is 0 Å². The number of hydrogen-bond donors (Lipinski definition) is 0. The van der Waals surface area contributed by atoms with Crippen molar-refractivity contribution in [2.24, 2.45) is 0 Å². The fraction of sp³-hybridized carbons (Fsp3) is 0.556. The molecule has 1 fully saturated rings. The number of likely N-dealkylation sites (tertiary alicyclic amines) is 1. The molecule has 0 amide bonds. The van der Waals surface area contributed by atoms with Crippen LogP contribution in [0.5, 0.6) is 0 Å². The summed E-state index contributed by atoms with van der Waals surface area (Å²) in [6.45, 7) is 12.2. The molecule has 1 aromatic carbocycles. The standard InChI is InChI=1S/C18H27N/c1-15(2)18-9-8-16(3)14-17(18)10-13-19-11-6-4-5-7-12-19/h8-9,14H,1,4-7,10-13H2,2-3H3. The zero-order chi connectivity index (χ0) is 13.7. The molecule has 0 radical (unpaired) electrons. The molecule has 104 valence electrons. The van der Waals surface area contributed by atoms with E-state index in [1.807, 2.05) is 0 Å². The predicted octanol–water partition coefficient (Wildman–Crippen LogP) is 4.45. The first-order valence-corrected chi connectivity index (χ1v) is 7.64. The molecule has 0 spiro atoms. The Labute approximate surface area is 118 Å². The van der Waals surface area contributed by atoms with Gasteiger partial charge in [-0.05, 0) is 57.3 Å². The highest BCUT2D eigenvalue weighted by molar-refractivity contribution is 5.65. The molecule has 0 aliphatic carbocycles. The summed E-state index contributed by atoms with van der Waals surface area (Å²) in [5.74, 6) is 0. The zero-order valence-corrected chi connectivity index (χ0v) is 12.5. The van der Waals surface area contributed by atoms with E-state index in [9.17, 15) is 0 Å². The molecule has 0 bridgehead atoms. The Morgan fingerprint density at radius 2 is 1.84 bits per heavy atom. The summed E-state index contributed by atoms with van der Waals surface area (Å²) in [7, 11) is 0. The minimum Gasteiger partial charge on any atom is -0.303 e. The maximum absolute atomic E-state index is 4.11. The third kappa shape index (κ3) is 4.21. The van der Waals surface area contributed by atoms with E-state index >= 15 is 0 Å². The Balaban J connectivity index is 2.01. The van der Waals surface area contributed by atoms with Crippen molar-refractivity contribution < 1.29 is 0 Å². The Morgan fingerprint density at radius 3 is 2.47 bits per heavy atom. The molecule has 1 heterocycles. The van der Waals surface area contributed by atoms with Gasteiger partial charge in [0.1, 0.15) is 0 Å². The van der Waals surface area contributed by atoms with Crippen LogP contribution in [0.4, 0.5) is 0 Å². The lowest BCUT2D eigenvalue weighted by Crippen LogP contribution is -2.27. The molecule has 0 unspecified atom stereocenters. The fourth-order valence-corrected chi connectivity index (χ4v) is 2.98. The van der Waals surface area contributed by atoms with Crippen LogP contribution in [0.2, 0.25) is 0 Å². The highest BCUT2D eigenvalue weighted by Crippen LogP contribution is 2.20. The molecule has 1 heteroatoms. The van der Waals surface area contributed by atoms with Crippen LogP contribution in [0.25, 0.3) is 5.57 Å². The summed E-state index contributed by atoms with van der Waals surface area (Å²) in [5, 5.41) is 0. The Hall–Kier alpha value is -1.08. The lowest BCUT2D eigenvalue weighted by atomic mass is 9.97. The monoisotopic (exact) mass is 257 g/mol. The van der Waals surface area contributed by atoms with Gasteiger partial charge in [-0.25, -0.2) is 0 Å². The number of nitrogens with zero attached hydrogens (tertiary/aromatic N) is 1. The van der Waals surface area contributed by atoms with Gasteiger partial charge < -0.3 is 4.90 Å². The molecule has 1 nitrogen and oxygen atoms in total. The predicted molar refractivity (Wildman–Crippen MR) is 84.5 cm³/mol. The fourth-order valence-electron chi connectivity index (χ4n) is 2.98. The number of hydrogen-bond acceptors (Lipinski definition) is 1. The molecule has 0 saturated carbocycles. The van der Waals surface area contributed by atoms with Crippen LogP contribution in [0.3, 0.4) is 0 Å². The molecule has 1 aliphatic rings. The van der Waals surface area contributed by atoms with Crippen LogP contribution >= 0.6 is 0 Å². The first-order valence-electron chi connectivity index (χ1n) is 7.64. The molecule has 1 aromatic rings. The van der Waals surface area contributed by atoms with E-state index in [0.717, 1.165) is 6.42 Å². The number of aryl methyl sites for hydroxylation is 1. The van der Waals surface area contributed by atoms with Crippen molar-refractivity contribution in [1.29, 1.82) is 0 Å². The normalized spacial score (nSPS) is 17.2. The third-order valence-electron chi connectivity index (χ3n) is 4.12. The summed E-state index contributed by atoms with van der Waals surface area (Å²) in [6, 6.07) is 6.76. The minimum atomic E-state index is 1.16. The molecule has 1 aliphatic heterocycles. The van der Waals surface area contributed by atoms with Gasteiger partial charge in [-0.3, -0.25) is 0 Å². The minimum absolute atomic E-state index is 1.16. The van der Waals surface area contributed by atoms with E-state index in [-0.39, 0.29) is 0 Å². The molecular formula is C18H27N. The molecule has 1 saturated heterocycles. The first kappa shape index (κ1) is 14.3. The van der Waals surface area contributed by atoms with Gasteiger partial charge in [0.25, 0.3) is 0 Å². The second-order valence-corrected chi connectivity index (χ2v) is 5.95. The van der Waals surface area contributed by atoms with Crippen LogP contribution in [-0.2, 0) is 6.42 Å². The largest absolute Gasteiger partial charge is 0.303 e. The van der Waals surface area contributed by atoms with Crippen molar-refractivity contribution in [2.45, 2.75) is 46.0 Å². The number of allylic oxidation sites excluding steroid dienone is 1. The summed E-state index contributed by atoms with van der Waals surface area (Å²) in [6.07, 6.45) is 6.74.